The lowest BCUT2D eigenvalue weighted by molar-refractivity contribution is -0.0211. The lowest BCUT2D eigenvalue weighted by Crippen LogP contribution is -2.60. The van der Waals surface area contributed by atoms with Crippen LogP contribution in [0.5, 0.6) is 0 Å². The Bertz CT molecular complexity index is 594. The molecule has 1 aromatic carbocycles. The molecule has 2 aliphatic heterocycles. The molecule has 2 saturated heterocycles. The Balaban J connectivity index is 1.41. The molecular formula is C22H32N2O. The van der Waals surface area contributed by atoms with Gasteiger partial charge in [0.05, 0.1) is 0 Å². The molecule has 0 aromatic heterocycles. The zero-order chi connectivity index (χ0) is 17.2. The van der Waals surface area contributed by atoms with Crippen molar-refractivity contribution in [2.45, 2.75) is 95.3 Å². The number of nitrogens with one attached hydrogen (secondary N) is 1. The van der Waals surface area contributed by atoms with E-state index in [1.54, 1.807) is 0 Å². The van der Waals surface area contributed by atoms with E-state index in [2.05, 4.69) is 10.2 Å². The summed E-state index contributed by atoms with van der Waals surface area (Å²) in [6.45, 7) is 2.05. The van der Waals surface area contributed by atoms with Gasteiger partial charge in [0.15, 0.2) is 0 Å². The summed E-state index contributed by atoms with van der Waals surface area (Å²) >= 11 is 0. The zero-order valence-electron chi connectivity index (χ0n) is 15.5. The molecule has 0 spiro atoms. The van der Waals surface area contributed by atoms with Crippen LogP contribution in [0.25, 0.3) is 0 Å². The number of aryl methyl sites for hydroxylation is 1. The van der Waals surface area contributed by atoms with Crippen molar-refractivity contribution in [2.24, 2.45) is 0 Å². The maximum absolute atomic E-state index is 12.6. The number of carbonyl (C=O) groups excluding carboxylic acids is 1. The number of rotatable bonds is 3. The van der Waals surface area contributed by atoms with Crippen molar-refractivity contribution in [3.63, 3.8) is 0 Å². The first-order chi connectivity index (χ1) is 12.2. The smallest absolute Gasteiger partial charge is 0.251 e. The molecule has 0 radical (unpaired) electrons. The molecule has 1 aromatic rings. The van der Waals surface area contributed by atoms with Crippen LogP contribution in [0.3, 0.4) is 0 Å². The van der Waals surface area contributed by atoms with E-state index in [1.807, 2.05) is 31.2 Å². The first kappa shape index (κ1) is 17.1. The number of benzene rings is 1. The highest BCUT2D eigenvalue weighted by molar-refractivity contribution is 5.94. The van der Waals surface area contributed by atoms with Crippen LogP contribution in [0.4, 0.5) is 0 Å². The molecule has 1 aliphatic carbocycles. The quantitative estimate of drug-likeness (QED) is 0.882. The van der Waals surface area contributed by atoms with E-state index in [4.69, 9.17) is 0 Å². The highest BCUT2D eigenvalue weighted by Crippen LogP contribution is 2.39. The van der Waals surface area contributed by atoms with Crippen LogP contribution in [0.1, 0.15) is 80.1 Å². The molecule has 3 nitrogen and oxygen atoms in total. The molecule has 3 heteroatoms. The van der Waals surface area contributed by atoms with Crippen LogP contribution in [-0.2, 0) is 0 Å². The summed E-state index contributed by atoms with van der Waals surface area (Å²) in [5.41, 5.74) is 1.96. The van der Waals surface area contributed by atoms with E-state index in [-0.39, 0.29) is 5.91 Å². The van der Waals surface area contributed by atoms with Crippen molar-refractivity contribution in [3.05, 3.63) is 35.4 Å². The summed E-state index contributed by atoms with van der Waals surface area (Å²) < 4.78 is 0. The molecule has 2 bridgehead atoms. The Morgan fingerprint density at radius 1 is 0.960 bits per heavy atom. The summed E-state index contributed by atoms with van der Waals surface area (Å²) in [5.74, 6) is 0.109. The third-order valence-electron chi connectivity index (χ3n) is 6.64. The van der Waals surface area contributed by atoms with Gasteiger partial charge in [-0.2, -0.15) is 0 Å². The SMILES string of the molecule is Cc1cccc(C(=O)NC2C[C@H]3CCC[C@H](C2)N3C2CCCCC2)c1. The normalized spacial score (nSPS) is 30.8. The van der Waals surface area contributed by atoms with Crippen LogP contribution in [0.2, 0.25) is 0 Å². The first-order valence-corrected chi connectivity index (χ1v) is 10.4. The third kappa shape index (κ3) is 3.76. The number of piperidine rings is 2. The van der Waals surface area contributed by atoms with Crippen molar-refractivity contribution in [3.8, 4) is 0 Å². The van der Waals surface area contributed by atoms with Gasteiger partial charge >= 0.3 is 0 Å². The van der Waals surface area contributed by atoms with Gasteiger partial charge in [0.2, 0.25) is 0 Å². The fourth-order valence-electron chi connectivity index (χ4n) is 5.57. The minimum Gasteiger partial charge on any atom is -0.349 e. The second-order valence-corrected chi connectivity index (χ2v) is 8.49. The van der Waals surface area contributed by atoms with Gasteiger partial charge in [0.25, 0.3) is 5.91 Å². The Hall–Kier alpha value is -1.35. The summed E-state index contributed by atoms with van der Waals surface area (Å²) in [5, 5.41) is 3.35. The Morgan fingerprint density at radius 3 is 2.32 bits per heavy atom. The van der Waals surface area contributed by atoms with Gasteiger partial charge in [-0.1, -0.05) is 43.4 Å². The molecule has 0 unspecified atom stereocenters. The minimum atomic E-state index is 0.109. The van der Waals surface area contributed by atoms with E-state index >= 15 is 0 Å². The molecule has 2 atom stereocenters. The Kier molecular flexibility index (Phi) is 5.12. The second kappa shape index (κ2) is 7.49. The highest BCUT2D eigenvalue weighted by atomic mass is 16.1. The van der Waals surface area contributed by atoms with Crippen molar-refractivity contribution in [2.75, 3.05) is 0 Å². The number of hydrogen-bond donors (Lipinski definition) is 1. The molecule has 4 rings (SSSR count). The topological polar surface area (TPSA) is 32.3 Å². The van der Waals surface area contributed by atoms with E-state index < -0.39 is 0 Å². The van der Waals surface area contributed by atoms with Crippen LogP contribution >= 0.6 is 0 Å². The molecule has 1 N–H and O–H groups in total. The molecule has 1 saturated carbocycles. The van der Waals surface area contributed by atoms with Gasteiger partial charge in [-0.3, -0.25) is 9.69 Å². The van der Waals surface area contributed by atoms with Crippen LogP contribution in [-0.4, -0.2) is 35.0 Å². The van der Waals surface area contributed by atoms with Gasteiger partial charge in [-0.05, 0) is 57.6 Å². The summed E-state index contributed by atoms with van der Waals surface area (Å²) in [6.07, 6.45) is 13.3. The van der Waals surface area contributed by atoms with Gasteiger partial charge in [0.1, 0.15) is 0 Å². The van der Waals surface area contributed by atoms with Crippen LogP contribution in [0.15, 0.2) is 24.3 Å². The number of hydrogen-bond acceptors (Lipinski definition) is 2. The molecule has 25 heavy (non-hydrogen) atoms. The fourth-order valence-corrected chi connectivity index (χ4v) is 5.57. The predicted molar refractivity (Wildman–Crippen MR) is 102 cm³/mol. The molecule has 3 aliphatic rings. The van der Waals surface area contributed by atoms with Gasteiger partial charge < -0.3 is 5.32 Å². The van der Waals surface area contributed by atoms with Crippen molar-refractivity contribution < 1.29 is 4.79 Å². The van der Waals surface area contributed by atoms with E-state index in [0.717, 1.165) is 30.0 Å². The average molecular weight is 341 g/mol. The fraction of sp³-hybridized carbons (Fsp3) is 0.682. The first-order valence-electron chi connectivity index (χ1n) is 10.4. The molecule has 1 amide bonds. The highest BCUT2D eigenvalue weighted by Gasteiger charge is 2.42. The van der Waals surface area contributed by atoms with Gasteiger partial charge in [-0.25, -0.2) is 0 Å². The predicted octanol–water partition coefficient (Wildman–Crippen LogP) is 4.44. The Labute approximate surface area is 152 Å². The number of carbonyl (C=O) groups is 1. The van der Waals surface area contributed by atoms with E-state index in [1.165, 1.54) is 51.4 Å². The second-order valence-electron chi connectivity index (χ2n) is 8.49. The zero-order valence-corrected chi connectivity index (χ0v) is 15.5. The Morgan fingerprint density at radius 2 is 1.64 bits per heavy atom. The van der Waals surface area contributed by atoms with E-state index in [9.17, 15) is 4.79 Å². The van der Waals surface area contributed by atoms with Gasteiger partial charge in [0, 0.05) is 29.7 Å². The van der Waals surface area contributed by atoms with Crippen LogP contribution in [0, 0.1) is 6.92 Å². The average Bonchev–Trinajstić information content (AvgIpc) is 2.61. The third-order valence-corrected chi connectivity index (χ3v) is 6.64. The standard InChI is InChI=1S/C22H32N2O/c1-16-7-5-8-17(13-16)22(25)23-18-14-20-11-6-12-21(15-18)24(20)19-9-3-2-4-10-19/h5,7-8,13,18-21H,2-4,6,9-12,14-15H2,1H3,(H,23,25)/t20-,21-/m1/s1. The summed E-state index contributed by atoms with van der Waals surface area (Å²) in [6, 6.07) is 10.5. The monoisotopic (exact) mass is 340 g/mol. The lowest BCUT2D eigenvalue weighted by atomic mass is 9.78. The number of nitrogens with zero attached hydrogens (tertiary/aromatic N) is 1. The maximum atomic E-state index is 12.6. The molecule has 136 valence electrons. The van der Waals surface area contributed by atoms with Crippen LogP contribution < -0.4 is 5.32 Å². The summed E-state index contributed by atoms with van der Waals surface area (Å²) in [7, 11) is 0. The number of amides is 1. The van der Waals surface area contributed by atoms with Crippen molar-refractivity contribution in [1.82, 2.24) is 10.2 Å². The van der Waals surface area contributed by atoms with Gasteiger partial charge in [-0.15, -0.1) is 0 Å². The lowest BCUT2D eigenvalue weighted by Gasteiger charge is -2.53. The minimum absolute atomic E-state index is 0.109. The van der Waals surface area contributed by atoms with Crippen molar-refractivity contribution >= 4 is 5.91 Å². The van der Waals surface area contributed by atoms with Crippen molar-refractivity contribution in [1.29, 1.82) is 0 Å². The summed E-state index contributed by atoms with van der Waals surface area (Å²) in [4.78, 5) is 15.5. The largest absolute Gasteiger partial charge is 0.349 e. The van der Waals surface area contributed by atoms with E-state index in [0.29, 0.717) is 18.1 Å². The number of fused-ring (bicyclic) bond motifs is 2. The molecular weight excluding hydrogens is 308 g/mol. The maximum Gasteiger partial charge on any atom is 0.251 e. The molecule has 2 heterocycles. The molecule has 3 fully saturated rings.